The van der Waals surface area contributed by atoms with Crippen LogP contribution in [-0.2, 0) is 0 Å². The molecule has 0 heterocycles. The van der Waals surface area contributed by atoms with Crippen LogP contribution in [0.3, 0.4) is 0 Å². The summed E-state index contributed by atoms with van der Waals surface area (Å²) < 4.78 is 0. The topological polar surface area (TPSA) is 186 Å². The molecule has 4 amide bonds. The summed E-state index contributed by atoms with van der Waals surface area (Å²) in [5.74, 6) is 18.2. The van der Waals surface area contributed by atoms with Crippen molar-refractivity contribution >= 4 is 12.1 Å². The van der Waals surface area contributed by atoms with Crippen molar-refractivity contribution in [1.82, 2.24) is 21.7 Å². The van der Waals surface area contributed by atoms with Crippen molar-refractivity contribution in [3.05, 3.63) is 0 Å². The van der Waals surface area contributed by atoms with E-state index in [9.17, 15) is 9.59 Å². The number of urea groups is 2. The summed E-state index contributed by atoms with van der Waals surface area (Å²) in [6.07, 6.45) is 14.4. The Morgan fingerprint density at radius 1 is 0.542 bits per heavy atom. The number of hydrogen-bond acceptors (Lipinski definition) is 6. The van der Waals surface area contributed by atoms with Crippen LogP contribution in [0.4, 0.5) is 9.59 Å². The molecule has 0 aromatic heterocycles. The number of unbranched alkanes of at least 4 members (excludes halogenated alkanes) is 9. The summed E-state index contributed by atoms with van der Waals surface area (Å²) in [5, 5.41) is 0. The Kier molecular flexibility index (Phi) is 29.8. The monoisotopic (exact) mass is 350 g/mol. The Bertz CT molecular complexity index is 229. The number of amides is 4. The predicted octanol–water partition coefficient (Wildman–Crippen LogP) is 0.993. The molecule has 0 rings (SSSR count). The second kappa shape index (κ2) is 26.3. The van der Waals surface area contributed by atoms with Gasteiger partial charge in [0.05, 0.1) is 0 Å². The van der Waals surface area contributed by atoms with E-state index >= 15 is 0 Å². The van der Waals surface area contributed by atoms with Gasteiger partial charge in [0.25, 0.3) is 0 Å². The second-order valence-corrected chi connectivity index (χ2v) is 5.06. The maximum atomic E-state index is 9.71. The average molecular weight is 351 g/mol. The highest BCUT2D eigenvalue weighted by molar-refractivity contribution is 5.72. The zero-order valence-corrected chi connectivity index (χ0v) is 15.2. The van der Waals surface area contributed by atoms with Gasteiger partial charge in [0.2, 0.25) is 0 Å². The predicted molar refractivity (Wildman–Crippen MR) is 97.6 cm³/mol. The minimum absolute atomic E-state index is 0.602. The average Bonchev–Trinajstić information content (AvgIpc) is 2.63. The molecule has 0 bridgehead atoms. The lowest BCUT2D eigenvalue weighted by atomic mass is 10.1. The Morgan fingerprint density at radius 3 is 0.875 bits per heavy atom. The highest BCUT2D eigenvalue weighted by Gasteiger charge is 1.90. The van der Waals surface area contributed by atoms with Crippen LogP contribution in [0.25, 0.3) is 0 Å². The third kappa shape index (κ3) is 32.4. The second-order valence-electron chi connectivity index (χ2n) is 5.06. The molecule has 0 aliphatic heterocycles. The van der Waals surface area contributed by atoms with Gasteiger partial charge in [-0.15, -0.1) is 0 Å². The van der Waals surface area contributed by atoms with E-state index in [1.165, 1.54) is 64.2 Å². The molecule has 0 aromatic rings. The Balaban J connectivity index is -0.000000309. The van der Waals surface area contributed by atoms with Crippen LogP contribution in [0.1, 0.15) is 78.1 Å². The van der Waals surface area contributed by atoms with Crippen LogP contribution in [0.15, 0.2) is 0 Å². The summed E-state index contributed by atoms with van der Waals surface area (Å²) in [6.45, 7) is 4.56. The van der Waals surface area contributed by atoms with Crippen LogP contribution in [0.5, 0.6) is 0 Å². The maximum absolute atomic E-state index is 9.71. The van der Waals surface area contributed by atoms with Crippen molar-refractivity contribution in [3.63, 3.8) is 0 Å². The highest BCUT2D eigenvalue weighted by Crippen LogP contribution is 2.09. The van der Waals surface area contributed by atoms with Gasteiger partial charge < -0.3 is 0 Å². The van der Waals surface area contributed by atoms with Gasteiger partial charge in [-0.05, 0) is 0 Å². The summed E-state index contributed by atoms with van der Waals surface area (Å²) >= 11 is 0. The fourth-order valence-electron chi connectivity index (χ4n) is 1.64. The molecule has 146 valence electrons. The van der Waals surface area contributed by atoms with E-state index in [1.54, 1.807) is 21.7 Å². The van der Waals surface area contributed by atoms with Gasteiger partial charge in [0.1, 0.15) is 0 Å². The zero-order valence-electron chi connectivity index (χ0n) is 15.2. The van der Waals surface area contributed by atoms with E-state index in [-0.39, 0.29) is 0 Å². The van der Waals surface area contributed by atoms with Crippen LogP contribution >= 0.6 is 0 Å². The fraction of sp³-hybridized carbons (Fsp3) is 0.857. The van der Waals surface area contributed by atoms with Gasteiger partial charge in [-0.1, -0.05) is 78.1 Å². The molecule has 12 N–H and O–H groups in total. The van der Waals surface area contributed by atoms with Crippen LogP contribution < -0.4 is 45.1 Å². The van der Waals surface area contributed by atoms with E-state index in [4.69, 9.17) is 0 Å². The molecule has 10 heteroatoms. The first-order valence-electron chi connectivity index (χ1n) is 8.48. The third-order valence-corrected chi connectivity index (χ3v) is 2.98. The molecule has 0 atom stereocenters. The van der Waals surface area contributed by atoms with Gasteiger partial charge in [-0.2, -0.15) is 0 Å². The lowest BCUT2D eigenvalue weighted by Gasteiger charge is -1.99. The number of nitrogens with one attached hydrogen (secondary N) is 4. The Labute approximate surface area is 145 Å². The first-order valence-corrected chi connectivity index (χ1v) is 8.48. The molecule has 0 fully saturated rings. The van der Waals surface area contributed by atoms with E-state index in [0.29, 0.717) is 0 Å². The molecular formula is C14H38N8O2. The van der Waals surface area contributed by atoms with Crippen molar-refractivity contribution in [1.29, 1.82) is 0 Å². The largest absolute Gasteiger partial charge is 0.343 e. The first-order chi connectivity index (χ1) is 11.5. The van der Waals surface area contributed by atoms with Gasteiger partial charge in [0.15, 0.2) is 0 Å². The lowest BCUT2D eigenvalue weighted by Crippen LogP contribution is -2.43. The molecule has 0 aliphatic carbocycles. The van der Waals surface area contributed by atoms with E-state index in [2.05, 4.69) is 37.2 Å². The number of carbonyl (C=O) groups is 2. The molecule has 24 heavy (non-hydrogen) atoms. The van der Waals surface area contributed by atoms with Crippen molar-refractivity contribution in [2.75, 3.05) is 0 Å². The summed E-state index contributed by atoms with van der Waals surface area (Å²) in [6, 6.07) is -1.20. The van der Waals surface area contributed by atoms with E-state index < -0.39 is 12.1 Å². The van der Waals surface area contributed by atoms with Crippen LogP contribution in [0.2, 0.25) is 0 Å². The standard InChI is InChI=1S/C12H26.2CH6N4O/c1-3-5-7-9-11-12-10-8-6-4-2;2*2-4-1(6)5-3/h3-12H2,1-2H3;2*2-3H2,(H2,4,5,6). The highest BCUT2D eigenvalue weighted by atomic mass is 16.2. The van der Waals surface area contributed by atoms with Gasteiger partial charge >= 0.3 is 12.1 Å². The van der Waals surface area contributed by atoms with Gasteiger partial charge in [-0.3, -0.25) is 21.7 Å². The Morgan fingerprint density at radius 2 is 0.750 bits per heavy atom. The summed E-state index contributed by atoms with van der Waals surface area (Å²) in [5.41, 5.74) is 6.96. The van der Waals surface area contributed by atoms with E-state index in [1.807, 2.05) is 0 Å². The molecule has 0 spiro atoms. The van der Waals surface area contributed by atoms with Crippen molar-refractivity contribution in [2.45, 2.75) is 78.1 Å². The molecule has 0 saturated heterocycles. The van der Waals surface area contributed by atoms with Crippen molar-refractivity contribution < 1.29 is 9.59 Å². The number of hydrogen-bond donors (Lipinski definition) is 8. The molecule has 0 saturated carbocycles. The van der Waals surface area contributed by atoms with Crippen LogP contribution in [-0.4, -0.2) is 12.1 Å². The van der Waals surface area contributed by atoms with Crippen LogP contribution in [0, 0.1) is 0 Å². The Hall–Kier alpha value is -1.62. The number of carbonyl (C=O) groups excluding carboxylic acids is 2. The number of hydrazine groups is 4. The molecular weight excluding hydrogens is 312 g/mol. The smallest absolute Gasteiger partial charge is 0.275 e. The van der Waals surface area contributed by atoms with Gasteiger partial charge in [-0.25, -0.2) is 33.0 Å². The fourth-order valence-corrected chi connectivity index (χ4v) is 1.64. The third-order valence-electron chi connectivity index (χ3n) is 2.98. The van der Waals surface area contributed by atoms with E-state index in [0.717, 1.165) is 0 Å². The normalized spacial score (nSPS) is 8.75. The lowest BCUT2D eigenvalue weighted by molar-refractivity contribution is 0.240. The first kappa shape index (κ1) is 27.2. The molecule has 0 radical (unpaired) electrons. The zero-order chi connectivity index (χ0) is 19.1. The minimum atomic E-state index is -0.602. The summed E-state index contributed by atoms with van der Waals surface area (Å²) in [7, 11) is 0. The SMILES string of the molecule is CCCCCCCCCCCC.NNC(=O)NN.NNC(=O)NN. The number of nitrogens with two attached hydrogens (primary N) is 4. The minimum Gasteiger partial charge on any atom is -0.275 e. The molecule has 0 unspecified atom stereocenters. The number of rotatable bonds is 9. The van der Waals surface area contributed by atoms with Crippen molar-refractivity contribution in [2.24, 2.45) is 23.4 Å². The quantitative estimate of drug-likeness (QED) is 0.132. The molecule has 10 nitrogen and oxygen atoms in total. The van der Waals surface area contributed by atoms with Gasteiger partial charge in [0, 0.05) is 0 Å². The molecule has 0 aliphatic rings. The van der Waals surface area contributed by atoms with Crippen molar-refractivity contribution in [3.8, 4) is 0 Å². The maximum Gasteiger partial charge on any atom is 0.343 e. The summed E-state index contributed by atoms with van der Waals surface area (Å²) in [4.78, 5) is 19.4. The molecule has 0 aromatic carbocycles.